The van der Waals surface area contributed by atoms with E-state index in [2.05, 4.69) is 0 Å². The van der Waals surface area contributed by atoms with Crippen molar-refractivity contribution in [2.75, 3.05) is 0 Å². The number of benzene rings is 2. The second kappa shape index (κ2) is 6.09. The molecule has 0 atom stereocenters. The molecule has 0 aliphatic rings. The van der Waals surface area contributed by atoms with Crippen molar-refractivity contribution in [3.63, 3.8) is 0 Å². The number of nitrogens with zero attached hydrogens (tertiary/aromatic N) is 1. The van der Waals surface area contributed by atoms with Crippen LogP contribution in [0, 0.1) is 11.3 Å². The van der Waals surface area contributed by atoms with Gasteiger partial charge in [0.15, 0.2) is 0 Å². The fraction of sp³-hybridized carbons (Fsp3) is 0.0667. The van der Waals surface area contributed by atoms with Crippen LogP contribution in [0.15, 0.2) is 42.5 Å². The first-order valence-electron chi connectivity index (χ1n) is 5.77. The van der Waals surface area contributed by atoms with Gasteiger partial charge in [0.1, 0.15) is 11.5 Å². The Morgan fingerprint density at radius 2 is 2.10 bits per heavy atom. The number of hydrogen-bond donors (Lipinski definition) is 1. The molecule has 0 fully saturated rings. The molecule has 0 aromatic heterocycles. The van der Waals surface area contributed by atoms with Crippen LogP contribution in [0.2, 0.25) is 5.02 Å². The van der Waals surface area contributed by atoms with Crippen LogP contribution in [0.1, 0.15) is 11.1 Å². The number of nitriles is 1. The Kier molecular flexibility index (Phi) is 4.24. The summed E-state index contributed by atoms with van der Waals surface area (Å²) in [6, 6.07) is 13.5. The van der Waals surface area contributed by atoms with E-state index in [0.717, 1.165) is 0 Å². The van der Waals surface area contributed by atoms with Crippen molar-refractivity contribution >= 4 is 17.6 Å². The van der Waals surface area contributed by atoms with E-state index in [4.69, 9.17) is 26.7 Å². The van der Waals surface area contributed by atoms with Gasteiger partial charge in [0.25, 0.3) is 0 Å². The zero-order valence-electron chi connectivity index (χ0n) is 10.3. The Balaban J connectivity index is 2.22. The largest absolute Gasteiger partial charge is 0.481 e. The standard InChI is InChI=1S/C15H10ClNO3/c16-13-7-11(9-17)4-5-14(13)20-12-3-1-2-10(6-12)8-15(18)19/h1-7H,8H2,(H,18,19). The molecule has 0 radical (unpaired) electrons. The quantitative estimate of drug-likeness (QED) is 0.932. The smallest absolute Gasteiger partial charge is 0.307 e. The zero-order valence-corrected chi connectivity index (χ0v) is 11.1. The molecule has 2 aromatic rings. The van der Waals surface area contributed by atoms with Crippen LogP contribution in [-0.4, -0.2) is 11.1 Å². The van der Waals surface area contributed by atoms with Crippen LogP contribution in [0.5, 0.6) is 11.5 Å². The van der Waals surface area contributed by atoms with Crippen molar-refractivity contribution in [2.24, 2.45) is 0 Å². The van der Waals surface area contributed by atoms with Crippen molar-refractivity contribution in [3.05, 3.63) is 58.6 Å². The summed E-state index contributed by atoms with van der Waals surface area (Å²) in [6.45, 7) is 0. The SMILES string of the molecule is N#Cc1ccc(Oc2cccc(CC(=O)O)c2)c(Cl)c1. The number of aliphatic carboxylic acids is 1. The molecule has 0 aliphatic heterocycles. The Hall–Kier alpha value is -2.51. The third-order valence-electron chi connectivity index (χ3n) is 2.54. The van der Waals surface area contributed by atoms with Crippen molar-refractivity contribution in [2.45, 2.75) is 6.42 Å². The number of carbonyl (C=O) groups is 1. The second-order valence-electron chi connectivity index (χ2n) is 4.08. The number of ether oxygens (including phenoxy) is 1. The van der Waals surface area contributed by atoms with Crippen LogP contribution >= 0.6 is 11.6 Å². The Labute approximate surface area is 120 Å². The Bertz CT molecular complexity index is 692. The number of halogens is 1. The maximum Gasteiger partial charge on any atom is 0.307 e. The van der Waals surface area contributed by atoms with Gasteiger partial charge in [-0.15, -0.1) is 0 Å². The average molecular weight is 288 g/mol. The van der Waals surface area contributed by atoms with Crippen molar-refractivity contribution in [1.82, 2.24) is 0 Å². The maximum atomic E-state index is 10.7. The molecule has 2 aromatic carbocycles. The van der Waals surface area contributed by atoms with Crippen molar-refractivity contribution < 1.29 is 14.6 Å². The minimum absolute atomic E-state index is 0.0711. The minimum Gasteiger partial charge on any atom is -0.481 e. The first-order valence-corrected chi connectivity index (χ1v) is 6.14. The lowest BCUT2D eigenvalue weighted by Gasteiger charge is -2.08. The summed E-state index contributed by atoms with van der Waals surface area (Å²) in [5.74, 6) is 0.00653. The lowest BCUT2D eigenvalue weighted by molar-refractivity contribution is -0.136. The van der Waals surface area contributed by atoms with Crippen LogP contribution in [-0.2, 0) is 11.2 Å². The molecular weight excluding hydrogens is 278 g/mol. The van der Waals surface area contributed by atoms with Gasteiger partial charge in [-0.05, 0) is 35.9 Å². The van der Waals surface area contributed by atoms with Crippen LogP contribution in [0.4, 0.5) is 0 Å². The second-order valence-corrected chi connectivity index (χ2v) is 4.48. The summed E-state index contributed by atoms with van der Waals surface area (Å²) in [5, 5.41) is 17.8. The summed E-state index contributed by atoms with van der Waals surface area (Å²) in [5.41, 5.74) is 1.08. The van der Waals surface area contributed by atoms with E-state index in [1.54, 1.807) is 36.4 Å². The van der Waals surface area contributed by atoms with Gasteiger partial charge in [0.2, 0.25) is 0 Å². The molecule has 0 heterocycles. The van der Waals surface area contributed by atoms with E-state index in [0.29, 0.717) is 27.6 Å². The summed E-state index contributed by atoms with van der Waals surface area (Å²) >= 11 is 6.01. The van der Waals surface area contributed by atoms with E-state index in [-0.39, 0.29) is 6.42 Å². The monoisotopic (exact) mass is 287 g/mol. The van der Waals surface area contributed by atoms with Gasteiger partial charge in [-0.3, -0.25) is 4.79 Å². The van der Waals surface area contributed by atoms with Gasteiger partial charge in [-0.25, -0.2) is 0 Å². The molecule has 100 valence electrons. The van der Waals surface area contributed by atoms with E-state index < -0.39 is 5.97 Å². The third kappa shape index (κ3) is 3.50. The van der Waals surface area contributed by atoms with E-state index in [1.165, 1.54) is 6.07 Å². The lowest BCUT2D eigenvalue weighted by atomic mass is 10.1. The lowest BCUT2D eigenvalue weighted by Crippen LogP contribution is -1.99. The zero-order chi connectivity index (χ0) is 14.5. The highest BCUT2D eigenvalue weighted by Gasteiger charge is 2.06. The van der Waals surface area contributed by atoms with E-state index in [9.17, 15) is 4.79 Å². The van der Waals surface area contributed by atoms with Gasteiger partial charge in [0.05, 0.1) is 23.1 Å². The van der Waals surface area contributed by atoms with Gasteiger partial charge in [0, 0.05) is 0 Å². The predicted octanol–water partition coefficient (Wildman–Crippen LogP) is 3.63. The summed E-state index contributed by atoms with van der Waals surface area (Å²) in [4.78, 5) is 10.7. The fourth-order valence-corrected chi connectivity index (χ4v) is 1.89. The van der Waals surface area contributed by atoms with Gasteiger partial charge in [-0.1, -0.05) is 23.7 Å². The van der Waals surface area contributed by atoms with Crippen LogP contribution < -0.4 is 4.74 Å². The summed E-state index contributed by atoms with van der Waals surface area (Å²) < 4.78 is 5.60. The van der Waals surface area contributed by atoms with Crippen molar-refractivity contribution in [1.29, 1.82) is 5.26 Å². The molecule has 0 bridgehead atoms. The molecule has 0 saturated carbocycles. The summed E-state index contributed by atoms with van der Waals surface area (Å²) in [7, 11) is 0. The maximum absolute atomic E-state index is 10.7. The number of carboxylic acids is 1. The Morgan fingerprint density at radius 3 is 2.75 bits per heavy atom. The molecule has 0 aliphatic carbocycles. The van der Waals surface area contributed by atoms with Crippen LogP contribution in [0.25, 0.3) is 0 Å². The molecule has 5 heteroatoms. The predicted molar refractivity (Wildman–Crippen MR) is 74.0 cm³/mol. The molecule has 4 nitrogen and oxygen atoms in total. The molecule has 20 heavy (non-hydrogen) atoms. The van der Waals surface area contributed by atoms with E-state index >= 15 is 0 Å². The fourth-order valence-electron chi connectivity index (χ4n) is 1.67. The molecular formula is C15H10ClNO3. The first-order chi connectivity index (χ1) is 9.58. The average Bonchev–Trinajstić information content (AvgIpc) is 2.41. The normalized spacial score (nSPS) is 9.80. The highest BCUT2D eigenvalue weighted by molar-refractivity contribution is 6.32. The van der Waals surface area contributed by atoms with E-state index in [1.807, 2.05) is 6.07 Å². The first kappa shape index (κ1) is 13.9. The molecule has 0 spiro atoms. The summed E-state index contributed by atoms with van der Waals surface area (Å²) in [6.07, 6.45) is -0.0711. The molecule has 0 amide bonds. The van der Waals surface area contributed by atoms with Gasteiger partial charge in [-0.2, -0.15) is 5.26 Å². The minimum atomic E-state index is -0.904. The van der Waals surface area contributed by atoms with Crippen LogP contribution in [0.3, 0.4) is 0 Å². The highest BCUT2D eigenvalue weighted by atomic mass is 35.5. The molecule has 2 rings (SSSR count). The van der Waals surface area contributed by atoms with Gasteiger partial charge >= 0.3 is 5.97 Å². The molecule has 0 saturated heterocycles. The van der Waals surface area contributed by atoms with Crippen molar-refractivity contribution in [3.8, 4) is 17.6 Å². The number of rotatable bonds is 4. The molecule has 1 N–H and O–H groups in total. The number of hydrogen-bond acceptors (Lipinski definition) is 3. The number of carboxylic acid groups (broad SMARTS) is 1. The third-order valence-corrected chi connectivity index (χ3v) is 2.84. The molecule has 0 unspecified atom stereocenters. The van der Waals surface area contributed by atoms with Gasteiger partial charge < -0.3 is 9.84 Å². The topological polar surface area (TPSA) is 70.3 Å². The Morgan fingerprint density at radius 1 is 1.30 bits per heavy atom. The highest BCUT2D eigenvalue weighted by Crippen LogP contribution is 2.30.